The number of hydrogen-bond donors (Lipinski definition) is 1. The molecular formula is C13H14O6S. The van der Waals surface area contributed by atoms with Gasteiger partial charge in [0, 0.05) is 12.3 Å². The van der Waals surface area contributed by atoms with E-state index in [2.05, 4.69) is 0 Å². The summed E-state index contributed by atoms with van der Waals surface area (Å²) in [6.07, 6.45) is 2.71. The van der Waals surface area contributed by atoms with Gasteiger partial charge in [-0.3, -0.25) is 4.79 Å². The molecule has 1 aromatic carbocycles. The van der Waals surface area contributed by atoms with Crippen molar-refractivity contribution in [2.45, 2.75) is 29.6 Å². The van der Waals surface area contributed by atoms with E-state index in [0.29, 0.717) is 29.9 Å². The Morgan fingerprint density at radius 2 is 1.85 bits per heavy atom. The van der Waals surface area contributed by atoms with Crippen molar-refractivity contribution < 1.29 is 27.8 Å². The quantitative estimate of drug-likeness (QED) is 0.905. The first-order valence-corrected chi connectivity index (χ1v) is 8.11. The maximum Gasteiger partial charge on any atom is 0.314 e. The molecule has 1 aliphatic heterocycles. The summed E-state index contributed by atoms with van der Waals surface area (Å²) in [5.41, 5.74) is -0.817. The number of rotatable bonds is 3. The van der Waals surface area contributed by atoms with Crippen LogP contribution in [0.25, 0.3) is 0 Å². The van der Waals surface area contributed by atoms with Gasteiger partial charge in [-0.15, -0.1) is 0 Å². The highest BCUT2D eigenvalue weighted by atomic mass is 32.2. The third kappa shape index (κ3) is 1.76. The zero-order valence-corrected chi connectivity index (χ0v) is 11.7. The number of ether oxygens (including phenoxy) is 2. The fraction of sp³-hybridized carbons (Fsp3) is 0.462. The molecule has 1 fully saturated rings. The second kappa shape index (κ2) is 4.12. The Morgan fingerprint density at radius 1 is 1.25 bits per heavy atom. The van der Waals surface area contributed by atoms with Crippen molar-refractivity contribution in [1.82, 2.24) is 0 Å². The summed E-state index contributed by atoms with van der Waals surface area (Å²) in [6, 6.07) is 2.88. The minimum Gasteiger partial charge on any atom is -0.481 e. The predicted octanol–water partition coefficient (Wildman–Crippen LogP) is 1.33. The number of carboxylic acid groups (broad SMARTS) is 1. The Bertz CT molecular complexity index is 687. The molecule has 0 aromatic heterocycles. The SMILES string of the molecule is CS(=O)(=O)c1cc2c(cc1C1(C(=O)O)CCC1)OCO2. The van der Waals surface area contributed by atoms with Crippen LogP contribution in [0, 0.1) is 0 Å². The smallest absolute Gasteiger partial charge is 0.314 e. The lowest BCUT2D eigenvalue weighted by molar-refractivity contribution is -0.147. The van der Waals surface area contributed by atoms with Crippen molar-refractivity contribution in [3.63, 3.8) is 0 Å². The standard InChI is InChI=1S/C13H14O6S/c1-20(16,17)11-6-10-9(18-7-19-10)5-8(11)13(12(14)15)3-2-4-13/h5-6H,2-4,7H2,1H3,(H,14,15). The third-order valence-corrected chi connectivity index (χ3v) is 5.14. The Morgan fingerprint density at radius 3 is 2.30 bits per heavy atom. The number of carbonyl (C=O) groups is 1. The summed E-state index contributed by atoms with van der Waals surface area (Å²) in [5.74, 6) is -0.249. The summed E-state index contributed by atoms with van der Waals surface area (Å²) in [7, 11) is -3.55. The molecule has 108 valence electrons. The summed E-state index contributed by atoms with van der Waals surface area (Å²) in [4.78, 5) is 11.6. The average Bonchev–Trinajstić information content (AvgIpc) is 2.71. The lowest BCUT2D eigenvalue weighted by Gasteiger charge is -2.39. The van der Waals surface area contributed by atoms with E-state index in [0.717, 1.165) is 12.7 Å². The van der Waals surface area contributed by atoms with E-state index in [1.165, 1.54) is 12.1 Å². The van der Waals surface area contributed by atoms with E-state index >= 15 is 0 Å². The number of sulfone groups is 1. The van der Waals surface area contributed by atoms with Crippen molar-refractivity contribution >= 4 is 15.8 Å². The molecule has 0 atom stereocenters. The molecule has 6 nitrogen and oxygen atoms in total. The number of aliphatic carboxylic acids is 1. The normalized spacial score (nSPS) is 19.4. The largest absolute Gasteiger partial charge is 0.481 e. The van der Waals surface area contributed by atoms with Crippen LogP contribution in [0.4, 0.5) is 0 Å². The van der Waals surface area contributed by atoms with Gasteiger partial charge in [-0.05, 0) is 24.5 Å². The van der Waals surface area contributed by atoms with Crippen molar-refractivity contribution in [3.8, 4) is 11.5 Å². The minimum atomic E-state index is -3.55. The van der Waals surface area contributed by atoms with Crippen LogP contribution in [0.5, 0.6) is 11.5 Å². The molecule has 2 aliphatic rings. The van der Waals surface area contributed by atoms with Gasteiger partial charge in [0.15, 0.2) is 21.3 Å². The first-order valence-electron chi connectivity index (χ1n) is 6.22. The zero-order valence-electron chi connectivity index (χ0n) is 10.9. The monoisotopic (exact) mass is 298 g/mol. The molecule has 1 heterocycles. The summed E-state index contributed by atoms with van der Waals surface area (Å²) >= 11 is 0. The fourth-order valence-electron chi connectivity index (χ4n) is 2.73. The van der Waals surface area contributed by atoms with Crippen LogP contribution in [-0.2, 0) is 20.0 Å². The summed E-state index contributed by atoms with van der Waals surface area (Å²) < 4.78 is 34.4. The third-order valence-electron chi connectivity index (χ3n) is 4.01. The van der Waals surface area contributed by atoms with E-state index < -0.39 is 21.2 Å². The predicted molar refractivity (Wildman–Crippen MR) is 68.8 cm³/mol. The number of benzene rings is 1. The molecule has 1 N–H and O–H groups in total. The van der Waals surface area contributed by atoms with Crippen LogP contribution in [0.2, 0.25) is 0 Å². The Hall–Kier alpha value is -1.76. The van der Waals surface area contributed by atoms with Crippen LogP contribution in [-0.4, -0.2) is 32.5 Å². The van der Waals surface area contributed by atoms with Crippen molar-refractivity contribution in [3.05, 3.63) is 17.7 Å². The topological polar surface area (TPSA) is 89.9 Å². The lowest BCUT2D eigenvalue weighted by atomic mass is 9.64. The molecule has 0 unspecified atom stereocenters. The van der Waals surface area contributed by atoms with Crippen molar-refractivity contribution in [2.24, 2.45) is 0 Å². The number of fused-ring (bicyclic) bond motifs is 1. The first-order chi connectivity index (χ1) is 9.34. The molecule has 1 saturated carbocycles. The zero-order chi connectivity index (χ0) is 14.5. The second-order valence-electron chi connectivity index (χ2n) is 5.21. The molecule has 0 amide bonds. The van der Waals surface area contributed by atoms with E-state index in [1.54, 1.807) is 0 Å². The molecule has 0 saturated heterocycles. The first kappa shape index (κ1) is 13.2. The van der Waals surface area contributed by atoms with Crippen molar-refractivity contribution in [1.29, 1.82) is 0 Å². The van der Waals surface area contributed by atoms with Gasteiger partial charge in [0.05, 0.1) is 10.3 Å². The molecule has 7 heteroatoms. The van der Waals surface area contributed by atoms with Crippen LogP contribution in [0.1, 0.15) is 24.8 Å². The molecule has 1 aromatic rings. The van der Waals surface area contributed by atoms with Gasteiger partial charge in [-0.1, -0.05) is 6.42 Å². The fourth-order valence-corrected chi connectivity index (χ4v) is 3.71. The van der Waals surface area contributed by atoms with E-state index in [-0.39, 0.29) is 11.7 Å². The van der Waals surface area contributed by atoms with E-state index in [4.69, 9.17) is 9.47 Å². The second-order valence-corrected chi connectivity index (χ2v) is 7.20. The highest BCUT2D eigenvalue weighted by Gasteiger charge is 2.49. The maximum atomic E-state index is 12.0. The highest BCUT2D eigenvalue weighted by Crippen LogP contribution is 2.49. The van der Waals surface area contributed by atoms with Gasteiger partial charge in [0.2, 0.25) is 6.79 Å². The van der Waals surface area contributed by atoms with Gasteiger partial charge in [-0.2, -0.15) is 0 Å². The molecule has 0 radical (unpaired) electrons. The molecule has 20 heavy (non-hydrogen) atoms. The highest BCUT2D eigenvalue weighted by molar-refractivity contribution is 7.90. The van der Waals surface area contributed by atoms with Crippen LogP contribution in [0.15, 0.2) is 17.0 Å². The number of carboxylic acids is 1. The Kier molecular flexibility index (Phi) is 2.72. The van der Waals surface area contributed by atoms with Gasteiger partial charge in [0.1, 0.15) is 0 Å². The van der Waals surface area contributed by atoms with Gasteiger partial charge < -0.3 is 14.6 Å². The van der Waals surface area contributed by atoms with Gasteiger partial charge in [-0.25, -0.2) is 8.42 Å². The van der Waals surface area contributed by atoms with Crippen LogP contribution in [0.3, 0.4) is 0 Å². The lowest BCUT2D eigenvalue weighted by Crippen LogP contribution is -2.43. The molecule has 0 spiro atoms. The molecule has 1 aliphatic carbocycles. The molecule has 3 rings (SSSR count). The molecular weight excluding hydrogens is 284 g/mol. The van der Waals surface area contributed by atoms with Gasteiger partial charge >= 0.3 is 5.97 Å². The van der Waals surface area contributed by atoms with Crippen LogP contribution < -0.4 is 9.47 Å². The summed E-state index contributed by atoms with van der Waals surface area (Å²) in [5, 5.41) is 9.51. The summed E-state index contributed by atoms with van der Waals surface area (Å²) in [6.45, 7) is 0.0159. The van der Waals surface area contributed by atoms with Gasteiger partial charge in [0.25, 0.3) is 0 Å². The molecule has 0 bridgehead atoms. The van der Waals surface area contributed by atoms with Crippen LogP contribution >= 0.6 is 0 Å². The maximum absolute atomic E-state index is 12.0. The van der Waals surface area contributed by atoms with E-state index in [9.17, 15) is 18.3 Å². The minimum absolute atomic E-state index is 0.0159. The van der Waals surface area contributed by atoms with E-state index in [1.807, 2.05) is 0 Å². The number of hydrogen-bond acceptors (Lipinski definition) is 5. The average molecular weight is 298 g/mol. The Labute approximate surface area is 116 Å². The van der Waals surface area contributed by atoms with Crippen molar-refractivity contribution in [2.75, 3.05) is 13.0 Å². The Balaban J connectivity index is 2.26.